The van der Waals surface area contributed by atoms with Crippen molar-refractivity contribution in [1.29, 1.82) is 5.26 Å². The summed E-state index contributed by atoms with van der Waals surface area (Å²) in [7, 11) is 0. The van der Waals surface area contributed by atoms with Crippen LogP contribution in [0.3, 0.4) is 0 Å². The van der Waals surface area contributed by atoms with E-state index in [4.69, 9.17) is 14.5 Å². The molecule has 1 saturated carbocycles. The molecule has 6 nitrogen and oxygen atoms in total. The molecule has 5 rings (SSSR count). The number of nitrogens with zero attached hydrogens (tertiary/aromatic N) is 4. The van der Waals surface area contributed by atoms with Crippen molar-refractivity contribution in [3.63, 3.8) is 0 Å². The zero-order valence-electron chi connectivity index (χ0n) is 18.7. The summed E-state index contributed by atoms with van der Waals surface area (Å²) in [4.78, 5) is 6.87. The van der Waals surface area contributed by atoms with E-state index in [0.717, 1.165) is 78.7 Å². The molecule has 0 N–H and O–H groups in total. The first-order valence-electron chi connectivity index (χ1n) is 11.8. The second-order valence-electron chi connectivity index (χ2n) is 9.36. The molecule has 3 heterocycles. The lowest BCUT2D eigenvalue weighted by Gasteiger charge is -2.31. The Hall–Kier alpha value is -2.91. The van der Waals surface area contributed by atoms with Crippen LogP contribution in [0.5, 0.6) is 5.75 Å². The Morgan fingerprint density at radius 2 is 1.97 bits per heavy atom. The minimum Gasteiger partial charge on any atom is -0.493 e. The van der Waals surface area contributed by atoms with Crippen molar-refractivity contribution in [2.45, 2.75) is 52.0 Å². The average Bonchev–Trinajstić information content (AvgIpc) is 3.56. The molecule has 0 bridgehead atoms. The van der Waals surface area contributed by atoms with E-state index in [-0.39, 0.29) is 0 Å². The summed E-state index contributed by atoms with van der Waals surface area (Å²) >= 11 is 0. The number of benzene rings is 1. The van der Waals surface area contributed by atoms with E-state index in [1.807, 2.05) is 12.1 Å². The second kappa shape index (κ2) is 9.30. The second-order valence-corrected chi connectivity index (χ2v) is 9.36. The van der Waals surface area contributed by atoms with Crippen LogP contribution in [0.2, 0.25) is 0 Å². The first-order chi connectivity index (χ1) is 15.7. The molecule has 3 aromatic rings. The van der Waals surface area contributed by atoms with E-state index in [9.17, 15) is 0 Å². The van der Waals surface area contributed by atoms with Crippen LogP contribution in [0.4, 0.5) is 0 Å². The molecule has 2 aromatic heterocycles. The molecule has 1 saturated heterocycles. The van der Waals surface area contributed by atoms with E-state index < -0.39 is 0 Å². The number of pyridine rings is 1. The van der Waals surface area contributed by atoms with Gasteiger partial charge in [0.25, 0.3) is 0 Å². The lowest BCUT2D eigenvalue weighted by Crippen LogP contribution is -2.33. The van der Waals surface area contributed by atoms with Crippen LogP contribution in [0.25, 0.3) is 11.0 Å². The fourth-order valence-electron chi connectivity index (χ4n) is 4.58. The SMILES string of the molecule is Cc1c(OCC2CC2)ccc2c(CCC3CCN(Cc4ccc(C#N)cn4)CC3)noc12. The maximum Gasteiger partial charge on any atom is 0.173 e. The molecule has 0 amide bonds. The molecular weight excluding hydrogens is 400 g/mol. The van der Waals surface area contributed by atoms with Crippen molar-refractivity contribution in [1.82, 2.24) is 15.0 Å². The van der Waals surface area contributed by atoms with Crippen LogP contribution < -0.4 is 4.74 Å². The van der Waals surface area contributed by atoms with Crippen LogP contribution in [-0.4, -0.2) is 34.7 Å². The monoisotopic (exact) mass is 430 g/mol. The summed E-state index contributed by atoms with van der Waals surface area (Å²) in [6, 6.07) is 10.1. The number of rotatable bonds is 8. The van der Waals surface area contributed by atoms with Gasteiger partial charge in [0.05, 0.1) is 23.6 Å². The molecule has 0 unspecified atom stereocenters. The van der Waals surface area contributed by atoms with Gasteiger partial charge in [-0.25, -0.2) is 0 Å². The predicted octanol–water partition coefficient (Wildman–Crippen LogP) is 5.04. The largest absolute Gasteiger partial charge is 0.493 e. The minimum absolute atomic E-state index is 0.616. The molecule has 166 valence electrons. The molecule has 2 fully saturated rings. The molecule has 0 atom stereocenters. The number of piperidine rings is 1. The molecular formula is C26H30N4O2. The van der Waals surface area contributed by atoms with Gasteiger partial charge < -0.3 is 9.26 Å². The van der Waals surface area contributed by atoms with Gasteiger partial charge >= 0.3 is 0 Å². The number of fused-ring (bicyclic) bond motifs is 1. The molecule has 32 heavy (non-hydrogen) atoms. The summed E-state index contributed by atoms with van der Waals surface area (Å²) in [5.74, 6) is 2.38. The number of aryl methyl sites for hydroxylation is 2. The van der Waals surface area contributed by atoms with Gasteiger partial charge in [0.15, 0.2) is 5.58 Å². The summed E-state index contributed by atoms with van der Waals surface area (Å²) in [6.45, 7) is 5.92. The van der Waals surface area contributed by atoms with E-state index in [1.54, 1.807) is 6.20 Å². The smallest absolute Gasteiger partial charge is 0.173 e. The van der Waals surface area contributed by atoms with E-state index in [1.165, 1.54) is 25.7 Å². The lowest BCUT2D eigenvalue weighted by molar-refractivity contribution is 0.170. The first kappa shape index (κ1) is 21.0. The van der Waals surface area contributed by atoms with Gasteiger partial charge in [-0.2, -0.15) is 5.26 Å². The van der Waals surface area contributed by atoms with Crippen molar-refractivity contribution in [2.75, 3.05) is 19.7 Å². The third kappa shape index (κ3) is 4.78. The van der Waals surface area contributed by atoms with Gasteiger partial charge in [0, 0.05) is 23.7 Å². The summed E-state index contributed by atoms with van der Waals surface area (Å²) < 4.78 is 11.7. The Bertz CT molecular complexity index is 1100. The Labute approximate surface area is 189 Å². The van der Waals surface area contributed by atoms with Gasteiger partial charge in [-0.1, -0.05) is 5.16 Å². The fraction of sp³-hybridized carbons (Fsp3) is 0.500. The average molecular weight is 431 g/mol. The summed E-state index contributed by atoms with van der Waals surface area (Å²) in [5.41, 5.74) is 4.66. The number of hydrogen-bond acceptors (Lipinski definition) is 6. The maximum atomic E-state index is 8.91. The zero-order valence-corrected chi connectivity index (χ0v) is 18.7. The van der Waals surface area contributed by atoms with Crippen LogP contribution in [0.1, 0.15) is 54.6 Å². The topological polar surface area (TPSA) is 75.2 Å². The highest BCUT2D eigenvalue weighted by Gasteiger charge is 2.23. The van der Waals surface area contributed by atoms with Crippen molar-refractivity contribution in [3.8, 4) is 11.8 Å². The molecule has 1 aliphatic heterocycles. The quantitative estimate of drug-likeness (QED) is 0.499. The van der Waals surface area contributed by atoms with Crippen LogP contribution in [0, 0.1) is 30.1 Å². The standard InChI is InChI=1S/C26H30N4O2/c1-18-25(31-17-20-2-3-20)9-7-23-24(29-32-26(18)23)8-5-19-10-12-30(13-11-19)16-22-6-4-21(14-27)15-28-22/h4,6-7,9,15,19-20H,2-3,5,8,10-13,16-17H2,1H3. The Kier molecular flexibility index (Phi) is 6.09. The highest BCUT2D eigenvalue weighted by atomic mass is 16.5. The minimum atomic E-state index is 0.616. The Morgan fingerprint density at radius 1 is 1.12 bits per heavy atom. The zero-order chi connectivity index (χ0) is 21.9. The first-order valence-corrected chi connectivity index (χ1v) is 11.8. The normalized spacial score (nSPS) is 17.5. The van der Waals surface area contributed by atoms with Crippen LogP contribution >= 0.6 is 0 Å². The molecule has 0 radical (unpaired) electrons. The molecule has 1 aromatic carbocycles. The van der Waals surface area contributed by atoms with Gasteiger partial charge in [-0.05, 0) is 94.6 Å². The molecule has 0 spiro atoms. The van der Waals surface area contributed by atoms with Crippen LogP contribution in [0.15, 0.2) is 35.0 Å². The van der Waals surface area contributed by atoms with Gasteiger partial charge in [0.1, 0.15) is 11.8 Å². The van der Waals surface area contributed by atoms with Gasteiger partial charge in [-0.3, -0.25) is 9.88 Å². The van der Waals surface area contributed by atoms with Crippen molar-refractivity contribution >= 4 is 11.0 Å². The van der Waals surface area contributed by atoms with E-state index >= 15 is 0 Å². The maximum absolute atomic E-state index is 8.91. The number of aromatic nitrogens is 2. The number of hydrogen-bond donors (Lipinski definition) is 0. The van der Waals surface area contributed by atoms with Crippen molar-refractivity contribution in [3.05, 3.63) is 53.0 Å². The highest BCUT2D eigenvalue weighted by Crippen LogP contribution is 2.34. The number of likely N-dealkylation sites (tertiary alicyclic amines) is 1. The number of ether oxygens (including phenoxy) is 1. The van der Waals surface area contributed by atoms with Crippen molar-refractivity contribution in [2.24, 2.45) is 11.8 Å². The van der Waals surface area contributed by atoms with Gasteiger partial charge in [0.2, 0.25) is 0 Å². The van der Waals surface area contributed by atoms with Crippen LogP contribution in [-0.2, 0) is 13.0 Å². The molecule has 6 heteroatoms. The predicted molar refractivity (Wildman–Crippen MR) is 122 cm³/mol. The summed E-state index contributed by atoms with van der Waals surface area (Å²) in [6.07, 6.45) is 8.74. The summed E-state index contributed by atoms with van der Waals surface area (Å²) in [5, 5.41) is 14.4. The Balaban J connectivity index is 1.12. The fourth-order valence-corrected chi connectivity index (χ4v) is 4.58. The van der Waals surface area contributed by atoms with E-state index in [2.05, 4.69) is 40.2 Å². The van der Waals surface area contributed by atoms with Crippen molar-refractivity contribution < 1.29 is 9.26 Å². The highest BCUT2D eigenvalue weighted by molar-refractivity contribution is 5.84. The molecule has 2 aliphatic rings. The number of nitriles is 1. The third-order valence-electron chi connectivity index (χ3n) is 6.92. The Morgan fingerprint density at radius 3 is 2.69 bits per heavy atom. The van der Waals surface area contributed by atoms with Gasteiger partial charge in [-0.15, -0.1) is 0 Å². The van der Waals surface area contributed by atoms with E-state index in [0.29, 0.717) is 11.5 Å². The third-order valence-corrected chi connectivity index (χ3v) is 6.92. The molecule has 1 aliphatic carbocycles. The lowest BCUT2D eigenvalue weighted by atomic mass is 9.91.